The normalized spacial score (nSPS) is 19.1. The number of aromatic hydroxyl groups is 1. The van der Waals surface area contributed by atoms with Gasteiger partial charge < -0.3 is 15.7 Å². The van der Waals surface area contributed by atoms with Crippen LogP contribution in [0.1, 0.15) is 28.7 Å². The van der Waals surface area contributed by atoms with Crippen LogP contribution in [0.3, 0.4) is 0 Å². The van der Waals surface area contributed by atoms with E-state index in [0.717, 1.165) is 43.5 Å². The second-order valence-electron chi connectivity index (χ2n) is 8.19. The fourth-order valence-electron chi connectivity index (χ4n) is 4.51. The lowest BCUT2D eigenvalue weighted by Crippen LogP contribution is -2.47. The van der Waals surface area contributed by atoms with E-state index < -0.39 is 0 Å². The molecule has 1 aliphatic heterocycles. The van der Waals surface area contributed by atoms with Gasteiger partial charge in [0.05, 0.1) is 0 Å². The van der Waals surface area contributed by atoms with Crippen molar-refractivity contribution >= 4 is 17.3 Å². The summed E-state index contributed by atoms with van der Waals surface area (Å²) >= 11 is 5.49. The average molecular weight is 396 g/mol. The van der Waals surface area contributed by atoms with E-state index in [4.69, 9.17) is 12.2 Å². The van der Waals surface area contributed by atoms with Crippen molar-refractivity contribution in [3.05, 3.63) is 64.7 Å². The molecule has 0 aromatic heterocycles. The van der Waals surface area contributed by atoms with E-state index >= 15 is 0 Å². The summed E-state index contributed by atoms with van der Waals surface area (Å²) < 4.78 is 0. The summed E-state index contributed by atoms with van der Waals surface area (Å²) in [5.74, 6) is 1.07. The van der Waals surface area contributed by atoms with Gasteiger partial charge in [0.1, 0.15) is 5.75 Å². The van der Waals surface area contributed by atoms with Gasteiger partial charge in [0.15, 0.2) is 5.11 Å². The van der Waals surface area contributed by atoms with Crippen LogP contribution in [0.4, 0.5) is 0 Å². The third kappa shape index (κ3) is 4.47. The number of benzene rings is 2. The minimum atomic E-state index is 0.347. The number of fused-ring (bicyclic) bond motifs is 2. The van der Waals surface area contributed by atoms with Crippen LogP contribution >= 0.6 is 12.2 Å². The van der Waals surface area contributed by atoms with Crippen molar-refractivity contribution in [2.75, 3.05) is 20.1 Å². The minimum absolute atomic E-state index is 0.347. The number of likely N-dealkylation sites (N-methyl/N-ethyl adjacent to an activating group) is 1. The summed E-state index contributed by atoms with van der Waals surface area (Å²) in [4.78, 5) is 2.33. The van der Waals surface area contributed by atoms with E-state index in [1.807, 2.05) is 12.1 Å². The third-order valence-corrected chi connectivity index (χ3v) is 6.45. The van der Waals surface area contributed by atoms with Gasteiger partial charge in [0.2, 0.25) is 0 Å². The van der Waals surface area contributed by atoms with Gasteiger partial charge in [-0.15, -0.1) is 0 Å². The lowest BCUT2D eigenvalue weighted by molar-refractivity contribution is 0.215. The SMILES string of the molecule is CN1Cc2cc(O)ccc2CC1CNC(=S)NCCC1Cc2ccccc2C1. The molecule has 2 aliphatic rings. The molecule has 4 nitrogen and oxygen atoms in total. The molecule has 0 saturated carbocycles. The van der Waals surface area contributed by atoms with Crippen molar-refractivity contribution in [3.63, 3.8) is 0 Å². The summed E-state index contributed by atoms with van der Waals surface area (Å²) in [6, 6.07) is 14.9. The second-order valence-corrected chi connectivity index (χ2v) is 8.60. The van der Waals surface area contributed by atoms with Crippen molar-refractivity contribution in [2.45, 2.75) is 38.3 Å². The van der Waals surface area contributed by atoms with Gasteiger partial charge in [-0.05, 0) is 85.3 Å². The molecule has 1 aliphatic carbocycles. The maximum Gasteiger partial charge on any atom is 0.166 e. The topological polar surface area (TPSA) is 47.5 Å². The Morgan fingerprint density at radius 2 is 1.75 bits per heavy atom. The predicted molar refractivity (Wildman–Crippen MR) is 118 cm³/mol. The molecule has 5 heteroatoms. The second kappa shape index (κ2) is 8.50. The highest BCUT2D eigenvalue weighted by molar-refractivity contribution is 7.80. The van der Waals surface area contributed by atoms with Crippen molar-refractivity contribution in [2.24, 2.45) is 5.92 Å². The summed E-state index contributed by atoms with van der Waals surface area (Å²) in [6.45, 7) is 2.61. The minimum Gasteiger partial charge on any atom is -0.508 e. The van der Waals surface area contributed by atoms with Crippen LogP contribution in [-0.2, 0) is 25.8 Å². The Morgan fingerprint density at radius 3 is 2.50 bits per heavy atom. The molecule has 1 atom stereocenters. The molecule has 0 amide bonds. The number of hydrogen-bond donors (Lipinski definition) is 3. The van der Waals surface area contributed by atoms with Crippen LogP contribution in [0.15, 0.2) is 42.5 Å². The summed E-state index contributed by atoms with van der Waals surface area (Å²) in [6.07, 6.45) is 4.51. The average Bonchev–Trinajstić information content (AvgIpc) is 3.09. The van der Waals surface area contributed by atoms with Crippen molar-refractivity contribution in [3.8, 4) is 5.75 Å². The predicted octanol–water partition coefficient (Wildman–Crippen LogP) is 3.02. The first-order valence-corrected chi connectivity index (χ1v) is 10.6. The molecule has 4 rings (SSSR count). The van der Waals surface area contributed by atoms with Crippen molar-refractivity contribution < 1.29 is 5.11 Å². The quantitative estimate of drug-likeness (QED) is 0.680. The maximum atomic E-state index is 9.67. The van der Waals surface area contributed by atoms with Crippen molar-refractivity contribution in [1.29, 1.82) is 0 Å². The van der Waals surface area contributed by atoms with E-state index in [1.165, 1.54) is 35.1 Å². The zero-order chi connectivity index (χ0) is 19.5. The first kappa shape index (κ1) is 19.2. The third-order valence-electron chi connectivity index (χ3n) is 6.16. The summed E-state index contributed by atoms with van der Waals surface area (Å²) in [5.41, 5.74) is 5.57. The lowest BCUT2D eigenvalue weighted by Gasteiger charge is -2.34. The molecule has 3 N–H and O–H groups in total. The van der Waals surface area contributed by atoms with E-state index in [2.05, 4.69) is 46.8 Å². The molecule has 0 fully saturated rings. The zero-order valence-electron chi connectivity index (χ0n) is 16.4. The number of hydrogen-bond acceptors (Lipinski definition) is 3. The van der Waals surface area contributed by atoms with Crippen LogP contribution in [-0.4, -0.2) is 41.3 Å². The molecule has 0 radical (unpaired) electrons. The molecule has 1 unspecified atom stereocenters. The molecular weight excluding hydrogens is 366 g/mol. The van der Waals surface area contributed by atoms with Crippen LogP contribution < -0.4 is 10.6 Å². The van der Waals surface area contributed by atoms with Gasteiger partial charge in [-0.3, -0.25) is 4.90 Å². The molecule has 2 aromatic carbocycles. The molecule has 2 aromatic rings. The highest BCUT2D eigenvalue weighted by atomic mass is 32.1. The molecule has 28 heavy (non-hydrogen) atoms. The van der Waals surface area contributed by atoms with Gasteiger partial charge in [-0.1, -0.05) is 30.3 Å². The Morgan fingerprint density at radius 1 is 1.04 bits per heavy atom. The fraction of sp³-hybridized carbons (Fsp3) is 0.435. The van der Waals surface area contributed by atoms with Gasteiger partial charge in [0.25, 0.3) is 0 Å². The summed E-state index contributed by atoms with van der Waals surface area (Å²) in [5, 5.41) is 17.2. The monoisotopic (exact) mass is 395 g/mol. The number of rotatable bonds is 5. The Balaban J connectivity index is 1.18. The Bertz CT molecular complexity index is 828. The number of phenols is 1. The lowest BCUT2D eigenvalue weighted by atomic mass is 9.94. The fourth-order valence-corrected chi connectivity index (χ4v) is 4.70. The van der Waals surface area contributed by atoms with E-state index in [0.29, 0.717) is 11.8 Å². The Labute approximate surface area is 173 Å². The maximum absolute atomic E-state index is 9.67. The van der Waals surface area contributed by atoms with Crippen molar-refractivity contribution in [1.82, 2.24) is 15.5 Å². The van der Waals surface area contributed by atoms with E-state index in [-0.39, 0.29) is 0 Å². The van der Waals surface area contributed by atoms with Crippen LogP contribution in [0.25, 0.3) is 0 Å². The number of nitrogens with zero attached hydrogens (tertiary/aromatic N) is 1. The molecule has 0 spiro atoms. The van der Waals surface area contributed by atoms with Gasteiger partial charge in [-0.25, -0.2) is 0 Å². The number of phenolic OH excluding ortho intramolecular Hbond substituents is 1. The van der Waals surface area contributed by atoms with Crippen LogP contribution in [0.5, 0.6) is 5.75 Å². The smallest absolute Gasteiger partial charge is 0.166 e. The zero-order valence-corrected chi connectivity index (χ0v) is 17.3. The highest BCUT2D eigenvalue weighted by Crippen LogP contribution is 2.28. The molecule has 1 heterocycles. The van der Waals surface area contributed by atoms with Gasteiger partial charge in [0, 0.05) is 25.7 Å². The van der Waals surface area contributed by atoms with E-state index in [1.54, 1.807) is 6.07 Å². The molecule has 0 bridgehead atoms. The van der Waals surface area contributed by atoms with E-state index in [9.17, 15) is 5.11 Å². The Hall–Kier alpha value is -2.11. The molecule has 148 valence electrons. The largest absolute Gasteiger partial charge is 0.508 e. The molecule has 0 saturated heterocycles. The molecular formula is C23H29N3OS. The van der Waals surface area contributed by atoms with Gasteiger partial charge >= 0.3 is 0 Å². The first-order valence-electron chi connectivity index (χ1n) is 10.2. The first-order chi connectivity index (χ1) is 13.6. The number of nitrogens with one attached hydrogen (secondary N) is 2. The summed E-state index contributed by atoms with van der Waals surface area (Å²) in [7, 11) is 2.13. The highest BCUT2D eigenvalue weighted by Gasteiger charge is 2.24. The Kier molecular flexibility index (Phi) is 5.83. The number of thiocarbonyl (C=S) groups is 1. The van der Waals surface area contributed by atoms with Crippen LogP contribution in [0, 0.1) is 5.92 Å². The standard InChI is InChI=1S/C23H29N3OS/c1-26-15-20-13-22(27)7-6-19(20)12-21(26)14-25-23(28)24-9-8-16-10-17-4-2-3-5-18(17)11-16/h2-7,13,16,21,27H,8-12,14-15H2,1H3,(H2,24,25,28). The van der Waals surface area contributed by atoms with Crippen LogP contribution in [0.2, 0.25) is 0 Å². The van der Waals surface area contributed by atoms with Gasteiger partial charge in [-0.2, -0.15) is 0 Å².